The summed E-state index contributed by atoms with van der Waals surface area (Å²) in [5.74, 6) is 1.86. The Morgan fingerprint density at radius 3 is 2.47 bits per heavy atom. The zero-order valence-electron chi connectivity index (χ0n) is 12.2. The van der Waals surface area contributed by atoms with E-state index in [9.17, 15) is 0 Å². The highest BCUT2D eigenvalue weighted by molar-refractivity contribution is 14.1. The van der Waals surface area contributed by atoms with Crippen molar-refractivity contribution in [2.75, 3.05) is 26.1 Å². The van der Waals surface area contributed by atoms with E-state index in [2.05, 4.69) is 51.7 Å². The first-order valence-electron chi connectivity index (χ1n) is 6.39. The molecule has 1 rings (SSSR count). The molecule has 1 heterocycles. The van der Waals surface area contributed by atoms with E-state index in [0.29, 0.717) is 25.0 Å². The van der Waals surface area contributed by atoms with E-state index in [0.717, 1.165) is 15.1 Å². The van der Waals surface area contributed by atoms with Crippen molar-refractivity contribution in [2.45, 2.75) is 33.5 Å². The van der Waals surface area contributed by atoms with Gasteiger partial charge in [0.1, 0.15) is 11.9 Å². The Morgan fingerprint density at radius 2 is 2.00 bits per heavy atom. The number of halogens is 1. The quantitative estimate of drug-likeness (QED) is 0.739. The summed E-state index contributed by atoms with van der Waals surface area (Å²) >= 11 is 2.23. The van der Waals surface area contributed by atoms with Crippen LogP contribution in [0.1, 0.15) is 38.4 Å². The van der Waals surface area contributed by atoms with Crippen molar-refractivity contribution in [3.05, 3.63) is 15.1 Å². The largest absolute Gasteiger partial charge is 0.378 e. The van der Waals surface area contributed by atoms with Crippen LogP contribution in [0.15, 0.2) is 0 Å². The van der Waals surface area contributed by atoms with Crippen LogP contribution in [0.2, 0.25) is 0 Å². The van der Waals surface area contributed by atoms with E-state index in [-0.39, 0.29) is 6.10 Å². The summed E-state index contributed by atoms with van der Waals surface area (Å²) in [5, 5.41) is 3.10. The van der Waals surface area contributed by atoms with Gasteiger partial charge in [-0.1, -0.05) is 13.8 Å². The van der Waals surface area contributed by atoms with Crippen LogP contribution in [0.3, 0.4) is 0 Å². The molecule has 1 aromatic heterocycles. The van der Waals surface area contributed by atoms with Crippen LogP contribution >= 0.6 is 22.6 Å². The summed E-state index contributed by atoms with van der Waals surface area (Å²) < 4.78 is 12.0. The van der Waals surface area contributed by atoms with Crippen LogP contribution in [0.4, 0.5) is 5.82 Å². The second kappa shape index (κ2) is 7.96. The fourth-order valence-electron chi connectivity index (χ4n) is 1.78. The van der Waals surface area contributed by atoms with Gasteiger partial charge in [0, 0.05) is 20.8 Å². The average molecular weight is 379 g/mol. The summed E-state index contributed by atoms with van der Waals surface area (Å²) in [6.45, 7) is 7.32. The van der Waals surface area contributed by atoms with Crippen molar-refractivity contribution in [3.8, 4) is 0 Å². The standard InChI is InChI=1S/C13H22IN3O2/c1-6-19-11(8(2)3)13-16-9(7-18-5)10(14)12(15-4)17-13/h8,11H,6-7H2,1-5H3,(H,15,16,17). The minimum Gasteiger partial charge on any atom is -0.378 e. The molecule has 0 radical (unpaired) electrons. The molecular formula is C13H22IN3O2. The molecule has 19 heavy (non-hydrogen) atoms. The maximum Gasteiger partial charge on any atom is 0.160 e. The summed E-state index contributed by atoms with van der Waals surface area (Å²) in [6.07, 6.45) is -0.0929. The number of nitrogens with one attached hydrogen (secondary N) is 1. The number of anilines is 1. The molecule has 1 N–H and O–H groups in total. The van der Waals surface area contributed by atoms with Crippen molar-refractivity contribution < 1.29 is 9.47 Å². The van der Waals surface area contributed by atoms with Gasteiger partial charge in [0.25, 0.3) is 0 Å². The Labute approximate surface area is 128 Å². The van der Waals surface area contributed by atoms with Gasteiger partial charge in [-0.15, -0.1) is 0 Å². The van der Waals surface area contributed by atoms with Gasteiger partial charge in [-0.05, 0) is 35.4 Å². The first-order valence-corrected chi connectivity index (χ1v) is 7.47. The van der Waals surface area contributed by atoms with Crippen molar-refractivity contribution in [1.29, 1.82) is 0 Å². The van der Waals surface area contributed by atoms with Crippen molar-refractivity contribution in [2.24, 2.45) is 5.92 Å². The Morgan fingerprint density at radius 1 is 1.32 bits per heavy atom. The molecule has 1 atom stereocenters. The number of aromatic nitrogens is 2. The summed E-state index contributed by atoms with van der Waals surface area (Å²) in [4.78, 5) is 9.17. The van der Waals surface area contributed by atoms with Gasteiger partial charge in [-0.2, -0.15) is 0 Å². The zero-order valence-corrected chi connectivity index (χ0v) is 14.3. The molecular weight excluding hydrogens is 357 g/mol. The second-order valence-electron chi connectivity index (χ2n) is 4.49. The van der Waals surface area contributed by atoms with Crippen LogP contribution in [0.5, 0.6) is 0 Å². The number of nitrogens with zero attached hydrogens (tertiary/aromatic N) is 2. The van der Waals surface area contributed by atoms with Crippen LogP contribution in [-0.2, 0) is 16.1 Å². The van der Waals surface area contributed by atoms with Crippen molar-refractivity contribution in [1.82, 2.24) is 9.97 Å². The summed E-state index contributed by atoms with van der Waals surface area (Å²) in [5.41, 5.74) is 0.891. The molecule has 0 spiro atoms. The maximum atomic E-state index is 5.77. The Hall–Kier alpha value is -0.470. The van der Waals surface area contributed by atoms with Gasteiger partial charge in [0.2, 0.25) is 0 Å². The van der Waals surface area contributed by atoms with Crippen molar-refractivity contribution in [3.63, 3.8) is 0 Å². The lowest BCUT2D eigenvalue weighted by Gasteiger charge is -2.21. The van der Waals surface area contributed by atoms with Gasteiger partial charge in [0.05, 0.1) is 15.9 Å². The predicted molar refractivity (Wildman–Crippen MR) is 84.2 cm³/mol. The van der Waals surface area contributed by atoms with Crippen LogP contribution in [0.25, 0.3) is 0 Å². The Bertz CT molecular complexity index is 413. The van der Waals surface area contributed by atoms with Crippen molar-refractivity contribution >= 4 is 28.4 Å². The van der Waals surface area contributed by atoms with E-state index in [1.807, 2.05) is 14.0 Å². The summed E-state index contributed by atoms with van der Waals surface area (Å²) in [6, 6.07) is 0. The maximum absolute atomic E-state index is 5.77. The SMILES string of the molecule is CCOC(c1nc(COC)c(I)c(NC)n1)C(C)C. The number of hydrogen-bond acceptors (Lipinski definition) is 5. The van der Waals surface area contributed by atoms with Gasteiger partial charge in [-0.3, -0.25) is 0 Å². The van der Waals surface area contributed by atoms with Gasteiger partial charge in [0.15, 0.2) is 5.82 Å². The highest BCUT2D eigenvalue weighted by Gasteiger charge is 2.22. The Balaban J connectivity index is 3.21. The third kappa shape index (κ3) is 4.25. The molecule has 6 heteroatoms. The number of methoxy groups -OCH3 is 1. The molecule has 0 saturated carbocycles. The lowest BCUT2D eigenvalue weighted by atomic mass is 10.1. The molecule has 0 aliphatic carbocycles. The number of rotatable bonds is 7. The smallest absolute Gasteiger partial charge is 0.160 e. The minimum absolute atomic E-state index is 0.0929. The lowest BCUT2D eigenvalue weighted by Crippen LogP contribution is -2.17. The molecule has 0 aromatic carbocycles. The first kappa shape index (κ1) is 16.6. The fraction of sp³-hybridized carbons (Fsp3) is 0.692. The molecule has 0 bridgehead atoms. The third-order valence-electron chi connectivity index (χ3n) is 2.66. The third-order valence-corrected chi connectivity index (χ3v) is 3.79. The Kier molecular flexibility index (Phi) is 6.95. The molecule has 0 aliphatic rings. The van der Waals surface area contributed by atoms with E-state index < -0.39 is 0 Å². The molecule has 5 nitrogen and oxygen atoms in total. The topological polar surface area (TPSA) is 56.3 Å². The fourth-order valence-corrected chi connectivity index (χ4v) is 2.45. The van der Waals surface area contributed by atoms with Gasteiger partial charge < -0.3 is 14.8 Å². The van der Waals surface area contributed by atoms with E-state index >= 15 is 0 Å². The normalized spacial score (nSPS) is 12.8. The average Bonchev–Trinajstić information content (AvgIpc) is 2.38. The molecule has 1 unspecified atom stereocenters. The second-order valence-corrected chi connectivity index (χ2v) is 5.57. The summed E-state index contributed by atoms with van der Waals surface area (Å²) in [7, 11) is 3.52. The van der Waals surface area contributed by atoms with E-state index in [1.165, 1.54) is 0 Å². The van der Waals surface area contributed by atoms with E-state index in [1.54, 1.807) is 7.11 Å². The molecule has 0 amide bonds. The monoisotopic (exact) mass is 379 g/mol. The molecule has 0 aliphatic heterocycles. The zero-order chi connectivity index (χ0) is 14.4. The number of ether oxygens (including phenoxy) is 2. The van der Waals surface area contributed by atoms with Crippen LogP contribution < -0.4 is 5.32 Å². The number of hydrogen-bond donors (Lipinski definition) is 1. The highest BCUT2D eigenvalue weighted by Crippen LogP contribution is 2.27. The molecule has 108 valence electrons. The molecule has 0 saturated heterocycles. The molecule has 1 aromatic rings. The van der Waals surface area contributed by atoms with Gasteiger partial charge >= 0.3 is 0 Å². The van der Waals surface area contributed by atoms with E-state index in [4.69, 9.17) is 9.47 Å². The van der Waals surface area contributed by atoms with Gasteiger partial charge in [-0.25, -0.2) is 9.97 Å². The van der Waals surface area contributed by atoms with Crippen LogP contribution in [-0.4, -0.2) is 30.7 Å². The predicted octanol–water partition coefficient (Wildman–Crippen LogP) is 3.00. The highest BCUT2D eigenvalue weighted by atomic mass is 127. The minimum atomic E-state index is -0.0929. The first-order chi connectivity index (χ1) is 9.04. The molecule has 0 fully saturated rings. The van der Waals surface area contributed by atoms with Crippen LogP contribution in [0, 0.1) is 9.49 Å². The lowest BCUT2D eigenvalue weighted by molar-refractivity contribution is 0.0228.